The van der Waals surface area contributed by atoms with Crippen LogP contribution < -0.4 is 5.32 Å². The van der Waals surface area contributed by atoms with Crippen molar-refractivity contribution < 1.29 is 5.11 Å². The number of aliphatic hydroxyl groups excluding tert-OH is 1. The van der Waals surface area contributed by atoms with Gasteiger partial charge in [0, 0.05) is 53.5 Å². The third-order valence-electron chi connectivity index (χ3n) is 5.02. The van der Waals surface area contributed by atoms with Gasteiger partial charge in [0.1, 0.15) is 0 Å². The Morgan fingerprint density at radius 1 is 1.04 bits per heavy atom. The summed E-state index contributed by atoms with van der Waals surface area (Å²) in [5.41, 5.74) is 7.31. The Morgan fingerprint density at radius 3 is 2.79 bits per heavy atom. The molecule has 0 saturated carbocycles. The lowest BCUT2D eigenvalue weighted by atomic mass is 10.0. The fourth-order valence-electron chi connectivity index (χ4n) is 3.65. The Labute approximate surface area is 162 Å². The number of benzene rings is 2. The molecule has 2 aromatic carbocycles. The standard InChI is InChI=1S/C23H20N4O/c28-11-8-17-14-25-21-12-16(6-7-20(17)21)18-13-22(23-24-9-10-27(23)15-18)26-19-4-2-1-3-5-19/h1-7,9-10,12-15,25-26,28H,8,11H2. The smallest absolute Gasteiger partial charge is 0.160 e. The van der Waals surface area contributed by atoms with Gasteiger partial charge in [0.05, 0.1) is 5.69 Å². The summed E-state index contributed by atoms with van der Waals surface area (Å²) in [6.07, 6.45) is 8.50. The number of H-pyrrole nitrogens is 1. The molecule has 0 saturated heterocycles. The van der Waals surface area contributed by atoms with Gasteiger partial charge in [0.15, 0.2) is 5.65 Å². The first-order valence-electron chi connectivity index (χ1n) is 9.32. The molecule has 138 valence electrons. The minimum Gasteiger partial charge on any atom is -0.396 e. The number of aromatic amines is 1. The van der Waals surface area contributed by atoms with E-state index >= 15 is 0 Å². The first kappa shape index (κ1) is 16.6. The number of aliphatic hydroxyl groups is 1. The van der Waals surface area contributed by atoms with Crippen LogP contribution in [-0.4, -0.2) is 26.1 Å². The summed E-state index contributed by atoms with van der Waals surface area (Å²) in [7, 11) is 0. The molecule has 0 bridgehead atoms. The summed E-state index contributed by atoms with van der Waals surface area (Å²) in [4.78, 5) is 7.82. The lowest BCUT2D eigenvalue weighted by molar-refractivity contribution is 0.300. The van der Waals surface area contributed by atoms with Gasteiger partial charge in [-0.1, -0.05) is 30.3 Å². The van der Waals surface area contributed by atoms with Gasteiger partial charge in [-0.3, -0.25) is 0 Å². The molecule has 0 spiro atoms. The second kappa shape index (κ2) is 6.87. The summed E-state index contributed by atoms with van der Waals surface area (Å²) in [6.45, 7) is 0.153. The molecule has 5 heteroatoms. The maximum Gasteiger partial charge on any atom is 0.160 e. The second-order valence-corrected chi connectivity index (χ2v) is 6.84. The Kier molecular flexibility index (Phi) is 4.07. The number of nitrogens with zero attached hydrogens (tertiary/aromatic N) is 2. The number of imidazole rings is 1. The number of aromatic nitrogens is 3. The zero-order valence-corrected chi connectivity index (χ0v) is 15.3. The van der Waals surface area contributed by atoms with E-state index in [1.165, 1.54) is 0 Å². The maximum atomic E-state index is 9.23. The molecule has 28 heavy (non-hydrogen) atoms. The van der Waals surface area contributed by atoms with Crippen molar-refractivity contribution in [3.8, 4) is 11.1 Å². The number of para-hydroxylation sites is 1. The van der Waals surface area contributed by atoms with Crippen LogP contribution in [0.2, 0.25) is 0 Å². The highest BCUT2D eigenvalue weighted by molar-refractivity contribution is 5.89. The highest BCUT2D eigenvalue weighted by atomic mass is 16.2. The average Bonchev–Trinajstić information content (AvgIpc) is 3.36. The quantitative estimate of drug-likeness (QED) is 0.419. The van der Waals surface area contributed by atoms with E-state index in [1.54, 1.807) is 0 Å². The number of nitrogens with one attached hydrogen (secondary N) is 2. The van der Waals surface area contributed by atoms with Crippen LogP contribution in [0.25, 0.3) is 27.7 Å². The first-order valence-corrected chi connectivity index (χ1v) is 9.32. The van der Waals surface area contributed by atoms with E-state index in [0.29, 0.717) is 6.42 Å². The van der Waals surface area contributed by atoms with Crippen molar-refractivity contribution in [1.29, 1.82) is 0 Å². The summed E-state index contributed by atoms with van der Waals surface area (Å²) in [5, 5.41) is 13.9. The van der Waals surface area contributed by atoms with Crippen LogP contribution in [0.1, 0.15) is 5.56 Å². The third-order valence-corrected chi connectivity index (χ3v) is 5.02. The predicted octanol–water partition coefficient (Wildman–Crippen LogP) is 4.76. The number of hydrogen-bond acceptors (Lipinski definition) is 3. The zero-order valence-electron chi connectivity index (χ0n) is 15.3. The summed E-state index contributed by atoms with van der Waals surface area (Å²) in [6, 6.07) is 18.6. The topological polar surface area (TPSA) is 65.3 Å². The van der Waals surface area contributed by atoms with E-state index in [2.05, 4.69) is 45.7 Å². The summed E-state index contributed by atoms with van der Waals surface area (Å²) >= 11 is 0. The van der Waals surface area contributed by atoms with Crippen molar-refractivity contribution in [3.63, 3.8) is 0 Å². The molecule has 3 N–H and O–H groups in total. The predicted molar refractivity (Wildman–Crippen MR) is 113 cm³/mol. The molecular formula is C23H20N4O. The van der Waals surface area contributed by atoms with Crippen LogP contribution in [0.4, 0.5) is 11.4 Å². The van der Waals surface area contributed by atoms with Crippen LogP contribution in [-0.2, 0) is 6.42 Å². The first-order chi connectivity index (χ1) is 13.8. The van der Waals surface area contributed by atoms with E-state index in [0.717, 1.165) is 44.6 Å². The number of rotatable bonds is 5. The molecule has 0 unspecified atom stereocenters. The van der Waals surface area contributed by atoms with Crippen molar-refractivity contribution >= 4 is 27.9 Å². The molecule has 5 nitrogen and oxygen atoms in total. The van der Waals surface area contributed by atoms with Gasteiger partial charge in [0.2, 0.25) is 0 Å². The van der Waals surface area contributed by atoms with E-state index in [1.807, 2.05) is 53.3 Å². The van der Waals surface area contributed by atoms with Gasteiger partial charge < -0.3 is 19.8 Å². The van der Waals surface area contributed by atoms with Gasteiger partial charge in [0.25, 0.3) is 0 Å². The number of fused-ring (bicyclic) bond motifs is 2. The highest BCUT2D eigenvalue weighted by Gasteiger charge is 2.10. The van der Waals surface area contributed by atoms with Crippen LogP contribution in [0.3, 0.4) is 0 Å². The number of pyridine rings is 1. The van der Waals surface area contributed by atoms with Crippen LogP contribution in [0.15, 0.2) is 79.4 Å². The van der Waals surface area contributed by atoms with Gasteiger partial charge in [-0.2, -0.15) is 0 Å². The van der Waals surface area contributed by atoms with Crippen LogP contribution >= 0.6 is 0 Å². The van der Waals surface area contributed by atoms with Crippen molar-refractivity contribution in [2.24, 2.45) is 0 Å². The summed E-state index contributed by atoms with van der Waals surface area (Å²) < 4.78 is 2.04. The molecule has 0 radical (unpaired) electrons. The summed E-state index contributed by atoms with van der Waals surface area (Å²) in [5.74, 6) is 0. The SMILES string of the molecule is OCCc1c[nH]c2cc(-c3cc(Nc4ccccc4)c4nccn4c3)ccc12. The van der Waals surface area contributed by atoms with Gasteiger partial charge in [-0.15, -0.1) is 0 Å². The van der Waals surface area contributed by atoms with Crippen molar-refractivity contribution in [2.45, 2.75) is 6.42 Å². The van der Waals surface area contributed by atoms with Crippen molar-refractivity contribution in [3.05, 3.63) is 84.9 Å². The minimum absolute atomic E-state index is 0.153. The van der Waals surface area contributed by atoms with E-state index in [4.69, 9.17) is 0 Å². The van der Waals surface area contributed by atoms with Gasteiger partial charge in [-0.05, 0) is 41.8 Å². The molecular weight excluding hydrogens is 348 g/mol. The largest absolute Gasteiger partial charge is 0.396 e. The lowest BCUT2D eigenvalue weighted by Crippen LogP contribution is -1.96. The van der Waals surface area contributed by atoms with Crippen LogP contribution in [0.5, 0.6) is 0 Å². The van der Waals surface area contributed by atoms with Crippen molar-refractivity contribution in [2.75, 3.05) is 11.9 Å². The van der Waals surface area contributed by atoms with Gasteiger partial charge in [-0.25, -0.2) is 4.98 Å². The molecule has 0 aliphatic heterocycles. The number of hydrogen-bond donors (Lipinski definition) is 3. The molecule has 0 aliphatic rings. The van der Waals surface area contributed by atoms with Crippen molar-refractivity contribution in [1.82, 2.24) is 14.4 Å². The number of anilines is 2. The molecule has 3 aromatic heterocycles. The Hall–Kier alpha value is -3.57. The van der Waals surface area contributed by atoms with Crippen LogP contribution in [0, 0.1) is 0 Å². The Bertz CT molecular complexity index is 1250. The molecule has 0 atom stereocenters. The minimum atomic E-state index is 0.153. The van der Waals surface area contributed by atoms with E-state index in [-0.39, 0.29) is 6.61 Å². The zero-order chi connectivity index (χ0) is 18.9. The van der Waals surface area contributed by atoms with Gasteiger partial charge >= 0.3 is 0 Å². The maximum absolute atomic E-state index is 9.23. The molecule has 0 aliphatic carbocycles. The Morgan fingerprint density at radius 2 is 1.93 bits per heavy atom. The van der Waals surface area contributed by atoms with E-state index in [9.17, 15) is 5.11 Å². The third kappa shape index (κ3) is 2.92. The molecule has 0 fully saturated rings. The normalized spacial score (nSPS) is 11.3. The second-order valence-electron chi connectivity index (χ2n) is 6.84. The average molecular weight is 368 g/mol. The fraction of sp³-hybridized carbons (Fsp3) is 0.0870. The molecule has 5 rings (SSSR count). The van der Waals surface area contributed by atoms with E-state index < -0.39 is 0 Å². The molecule has 0 amide bonds. The Balaban J connectivity index is 1.60. The monoisotopic (exact) mass is 368 g/mol. The lowest BCUT2D eigenvalue weighted by Gasteiger charge is -2.11. The highest BCUT2D eigenvalue weighted by Crippen LogP contribution is 2.30. The molecule has 3 heterocycles. The fourth-order valence-corrected chi connectivity index (χ4v) is 3.65. The molecule has 5 aromatic rings.